The molecule has 0 atom stereocenters. The molecule has 2 aromatic rings. The van der Waals surface area contributed by atoms with E-state index in [1.807, 2.05) is 0 Å². The molecule has 1 aliphatic rings. The van der Waals surface area contributed by atoms with Crippen molar-refractivity contribution in [3.05, 3.63) is 66.1 Å². The molecular formula is C15H13. The Morgan fingerprint density at radius 2 is 1.73 bits per heavy atom. The van der Waals surface area contributed by atoms with E-state index in [0.29, 0.717) is 0 Å². The third-order valence-corrected chi connectivity index (χ3v) is 3.03. The van der Waals surface area contributed by atoms with Crippen LogP contribution in [0.15, 0.2) is 54.6 Å². The van der Waals surface area contributed by atoms with Crippen LogP contribution in [0.2, 0.25) is 0 Å². The number of allylic oxidation sites excluding steroid dienone is 2. The molecule has 0 bridgehead atoms. The zero-order valence-electron chi connectivity index (χ0n) is 8.61. The van der Waals surface area contributed by atoms with Crippen molar-refractivity contribution in [1.82, 2.24) is 0 Å². The monoisotopic (exact) mass is 193 g/mol. The van der Waals surface area contributed by atoms with Gasteiger partial charge in [0.1, 0.15) is 0 Å². The Morgan fingerprint density at radius 3 is 2.60 bits per heavy atom. The van der Waals surface area contributed by atoms with Crippen molar-refractivity contribution in [3.8, 4) is 0 Å². The van der Waals surface area contributed by atoms with Crippen LogP contribution in [0, 0.1) is 5.92 Å². The highest BCUT2D eigenvalue weighted by molar-refractivity contribution is 5.88. The molecule has 0 aliphatic heterocycles. The number of rotatable bonds is 1. The molecule has 0 fully saturated rings. The largest absolute Gasteiger partial charge is 0.0876 e. The predicted octanol–water partition coefficient (Wildman–Crippen LogP) is 4.11. The summed E-state index contributed by atoms with van der Waals surface area (Å²) in [7, 11) is 0. The Kier molecular flexibility index (Phi) is 2.06. The van der Waals surface area contributed by atoms with Crippen molar-refractivity contribution < 1.29 is 0 Å². The molecule has 0 N–H and O–H groups in total. The molecule has 1 aliphatic carbocycles. The van der Waals surface area contributed by atoms with Crippen LogP contribution in [0.5, 0.6) is 0 Å². The maximum Gasteiger partial charge on any atom is 0.0273 e. The lowest BCUT2D eigenvalue weighted by Gasteiger charge is -2.10. The molecule has 73 valence electrons. The van der Waals surface area contributed by atoms with Crippen LogP contribution in [-0.2, 0) is 0 Å². The smallest absolute Gasteiger partial charge is 0.0273 e. The maximum atomic E-state index is 2.27. The zero-order chi connectivity index (χ0) is 10.1. The minimum atomic E-state index is 1.19. The van der Waals surface area contributed by atoms with E-state index in [1.165, 1.54) is 35.1 Å². The number of fused-ring (bicyclic) bond motifs is 1. The second kappa shape index (κ2) is 3.54. The van der Waals surface area contributed by atoms with Gasteiger partial charge in [-0.3, -0.25) is 0 Å². The van der Waals surface area contributed by atoms with Crippen molar-refractivity contribution in [2.75, 3.05) is 0 Å². The summed E-state index contributed by atoms with van der Waals surface area (Å²) in [6.07, 6.45) is 6.91. The number of hydrogen-bond donors (Lipinski definition) is 0. The van der Waals surface area contributed by atoms with Crippen LogP contribution in [0.4, 0.5) is 0 Å². The molecule has 1 radical (unpaired) electrons. The summed E-state index contributed by atoms with van der Waals surface area (Å²) < 4.78 is 0. The molecule has 0 spiro atoms. The molecular weight excluding hydrogens is 180 g/mol. The van der Waals surface area contributed by atoms with Crippen LogP contribution in [0.1, 0.15) is 18.4 Å². The fraction of sp³-hybridized carbons (Fsp3) is 0.133. The Bertz CT molecular complexity index is 503. The van der Waals surface area contributed by atoms with Crippen molar-refractivity contribution in [1.29, 1.82) is 0 Å². The summed E-state index contributed by atoms with van der Waals surface area (Å²) in [6.45, 7) is 0. The minimum absolute atomic E-state index is 1.19. The van der Waals surface area contributed by atoms with Crippen molar-refractivity contribution in [2.45, 2.75) is 12.8 Å². The van der Waals surface area contributed by atoms with Crippen LogP contribution in [0.3, 0.4) is 0 Å². The Hall–Kier alpha value is -1.56. The minimum Gasteiger partial charge on any atom is -0.0876 e. The molecule has 15 heavy (non-hydrogen) atoms. The molecule has 0 saturated heterocycles. The van der Waals surface area contributed by atoms with Gasteiger partial charge < -0.3 is 0 Å². The molecule has 0 heteroatoms. The van der Waals surface area contributed by atoms with Crippen LogP contribution in [0.25, 0.3) is 10.8 Å². The van der Waals surface area contributed by atoms with E-state index in [0.717, 1.165) is 0 Å². The Labute approximate surface area is 90.2 Å². The third kappa shape index (κ3) is 1.46. The summed E-state index contributed by atoms with van der Waals surface area (Å²) in [5.41, 5.74) is 1.40. The van der Waals surface area contributed by atoms with E-state index in [2.05, 4.69) is 54.6 Å². The van der Waals surface area contributed by atoms with Gasteiger partial charge in [-0.05, 0) is 29.2 Å². The molecule has 0 amide bonds. The predicted molar refractivity (Wildman–Crippen MR) is 64.7 cm³/mol. The summed E-state index contributed by atoms with van der Waals surface area (Å²) in [5, 5.41) is 2.71. The van der Waals surface area contributed by atoms with E-state index in [9.17, 15) is 0 Å². The highest BCUT2D eigenvalue weighted by Gasteiger charge is 2.14. The Balaban J connectivity index is 2.21. The van der Waals surface area contributed by atoms with E-state index < -0.39 is 0 Å². The fourth-order valence-electron chi connectivity index (χ4n) is 2.28. The van der Waals surface area contributed by atoms with Gasteiger partial charge in [0.05, 0.1) is 0 Å². The average molecular weight is 193 g/mol. The lowest BCUT2D eigenvalue weighted by molar-refractivity contribution is 0.982. The number of hydrogen-bond acceptors (Lipinski definition) is 0. The van der Waals surface area contributed by atoms with Gasteiger partial charge in [0.2, 0.25) is 0 Å². The highest BCUT2D eigenvalue weighted by Crippen LogP contribution is 2.32. The van der Waals surface area contributed by atoms with Gasteiger partial charge in [-0.1, -0.05) is 54.6 Å². The van der Waals surface area contributed by atoms with E-state index in [1.54, 1.807) is 0 Å². The van der Waals surface area contributed by atoms with Gasteiger partial charge in [0, 0.05) is 5.92 Å². The van der Waals surface area contributed by atoms with E-state index in [4.69, 9.17) is 0 Å². The maximum absolute atomic E-state index is 2.27. The first-order valence-electron chi connectivity index (χ1n) is 5.46. The van der Waals surface area contributed by atoms with Crippen molar-refractivity contribution >= 4 is 10.8 Å². The van der Waals surface area contributed by atoms with Gasteiger partial charge in [-0.25, -0.2) is 0 Å². The molecule has 0 unspecified atom stereocenters. The fourth-order valence-corrected chi connectivity index (χ4v) is 2.28. The first kappa shape index (κ1) is 8.72. The van der Waals surface area contributed by atoms with Gasteiger partial charge in [-0.15, -0.1) is 0 Å². The van der Waals surface area contributed by atoms with E-state index >= 15 is 0 Å². The summed E-state index contributed by atoms with van der Waals surface area (Å²) >= 11 is 0. The van der Waals surface area contributed by atoms with Gasteiger partial charge in [0.25, 0.3) is 0 Å². The van der Waals surface area contributed by atoms with Crippen molar-refractivity contribution in [2.24, 2.45) is 0 Å². The Morgan fingerprint density at radius 1 is 0.867 bits per heavy atom. The summed E-state index contributed by atoms with van der Waals surface area (Å²) in [6, 6.07) is 15.2. The van der Waals surface area contributed by atoms with Gasteiger partial charge >= 0.3 is 0 Å². The molecule has 3 rings (SSSR count). The standard InChI is InChI=1S/C15H13/c1-2-7-12(6-1)15-11-5-9-13-8-3-4-10-14(13)15/h1,3-6,8-11H,2,7H2. The molecule has 0 nitrogen and oxygen atoms in total. The molecule has 2 aromatic carbocycles. The lowest BCUT2D eigenvalue weighted by Crippen LogP contribution is -1.93. The molecule has 0 saturated carbocycles. The second-order valence-corrected chi connectivity index (χ2v) is 3.99. The third-order valence-electron chi connectivity index (χ3n) is 3.03. The van der Waals surface area contributed by atoms with Crippen molar-refractivity contribution in [3.63, 3.8) is 0 Å². The number of benzene rings is 2. The van der Waals surface area contributed by atoms with E-state index in [-0.39, 0.29) is 0 Å². The quantitative estimate of drug-likeness (QED) is 0.639. The zero-order valence-corrected chi connectivity index (χ0v) is 8.61. The van der Waals surface area contributed by atoms with Gasteiger partial charge in [-0.2, -0.15) is 0 Å². The first-order valence-corrected chi connectivity index (χ1v) is 5.46. The SMILES string of the molecule is C1=C[C](c2cccc3ccccc23)CC1. The second-order valence-electron chi connectivity index (χ2n) is 3.99. The lowest BCUT2D eigenvalue weighted by atomic mass is 9.93. The molecule has 0 aromatic heterocycles. The van der Waals surface area contributed by atoms with Crippen LogP contribution in [-0.4, -0.2) is 0 Å². The average Bonchev–Trinajstić information content (AvgIpc) is 2.82. The highest BCUT2D eigenvalue weighted by atomic mass is 14.2. The topological polar surface area (TPSA) is 0 Å². The molecule has 0 heterocycles. The normalized spacial score (nSPS) is 16.3. The summed E-state index contributed by atoms with van der Waals surface area (Å²) in [4.78, 5) is 0. The van der Waals surface area contributed by atoms with Crippen LogP contribution < -0.4 is 0 Å². The van der Waals surface area contributed by atoms with Crippen LogP contribution >= 0.6 is 0 Å². The summed E-state index contributed by atoms with van der Waals surface area (Å²) in [5.74, 6) is 1.48. The first-order chi connectivity index (χ1) is 7.45. The van der Waals surface area contributed by atoms with Gasteiger partial charge in [0.15, 0.2) is 0 Å².